The Morgan fingerprint density at radius 3 is 2.65 bits per heavy atom. The molecule has 17 heavy (non-hydrogen) atoms. The molecule has 0 aliphatic rings. The third-order valence-electron chi connectivity index (χ3n) is 2.66. The second kappa shape index (κ2) is 4.15. The van der Waals surface area contributed by atoms with Crippen LogP contribution in [0.15, 0.2) is 22.6 Å². The minimum absolute atomic E-state index is 0.0298. The highest BCUT2D eigenvalue weighted by Gasteiger charge is 2.16. The Hall–Kier alpha value is -1.35. The molecule has 2 N–H and O–H groups in total. The van der Waals surface area contributed by atoms with Gasteiger partial charge in [0.1, 0.15) is 5.52 Å². The molecule has 1 aromatic carbocycles. The zero-order chi connectivity index (χ0) is 12.6. The monoisotopic (exact) mass is 232 g/mol. The number of aromatic nitrogens is 1. The SMILES string of the molecule is CC(N)c1ccc2oc(CC(C)(C)C)nc2c1. The van der Waals surface area contributed by atoms with Crippen LogP contribution in [0.2, 0.25) is 0 Å². The number of hydrogen-bond donors (Lipinski definition) is 1. The third kappa shape index (κ3) is 2.86. The van der Waals surface area contributed by atoms with Gasteiger partial charge in [-0.15, -0.1) is 0 Å². The topological polar surface area (TPSA) is 52.0 Å². The molecule has 0 aliphatic heterocycles. The van der Waals surface area contributed by atoms with Crippen LogP contribution in [0.4, 0.5) is 0 Å². The third-order valence-corrected chi connectivity index (χ3v) is 2.66. The summed E-state index contributed by atoms with van der Waals surface area (Å²) in [6.07, 6.45) is 0.842. The number of nitrogens with two attached hydrogens (primary N) is 1. The lowest BCUT2D eigenvalue weighted by Crippen LogP contribution is -2.09. The number of benzene rings is 1. The van der Waals surface area contributed by atoms with Gasteiger partial charge in [0.05, 0.1) is 0 Å². The zero-order valence-electron chi connectivity index (χ0n) is 10.9. The van der Waals surface area contributed by atoms with E-state index in [4.69, 9.17) is 10.2 Å². The summed E-state index contributed by atoms with van der Waals surface area (Å²) in [7, 11) is 0. The Balaban J connectivity index is 2.37. The van der Waals surface area contributed by atoms with E-state index in [-0.39, 0.29) is 11.5 Å². The molecule has 0 amide bonds. The Labute approximate surface area is 102 Å². The summed E-state index contributed by atoms with van der Waals surface area (Å²) < 4.78 is 5.73. The Morgan fingerprint density at radius 2 is 2.06 bits per heavy atom. The van der Waals surface area contributed by atoms with Crippen molar-refractivity contribution in [1.82, 2.24) is 4.98 Å². The molecule has 0 spiro atoms. The molecule has 0 fully saturated rings. The van der Waals surface area contributed by atoms with Gasteiger partial charge in [0, 0.05) is 12.5 Å². The number of rotatable bonds is 2. The first-order valence-corrected chi connectivity index (χ1v) is 6.00. The van der Waals surface area contributed by atoms with E-state index in [0.29, 0.717) is 0 Å². The quantitative estimate of drug-likeness (QED) is 0.863. The number of hydrogen-bond acceptors (Lipinski definition) is 3. The average Bonchev–Trinajstić information content (AvgIpc) is 2.54. The van der Waals surface area contributed by atoms with Crippen molar-refractivity contribution in [1.29, 1.82) is 0 Å². The van der Waals surface area contributed by atoms with Crippen molar-refractivity contribution >= 4 is 11.1 Å². The molecule has 0 radical (unpaired) electrons. The Kier molecular flexibility index (Phi) is 2.96. The second-order valence-corrected chi connectivity index (χ2v) is 5.86. The van der Waals surface area contributed by atoms with Crippen LogP contribution in [0.25, 0.3) is 11.1 Å². The van der Waals surface area contributed by atoms with Gasteiger partial charge in [-0.05, 0) is 30.0 Å². The summed E-state index contributed by atoms with van der Waals surface area (Å²) in [5.41, 5.74) is 8.87. The van der Waals surface area contributed by atoms with Gasteiger partial charge >= 0.3 is 0 Å². The van der Waals surface area contributed by atoms with Gasteiger partial charge in [-0.3, -0.25) is 0 Å². The largest absolute Gasteiger partial charge is 0.441 e. The van der Waals surface area contributed by atoms with E-state index in [9.17, 15) is 0 Å². The molecule has 1 aromatic heterocycles. The maximum absolute atomic E-state index is 5.85. The summed E-state index contributed by atoms with van der Waals surface area (Å²) in [6, 6.07) is 5.99. The van der Waals surface area contributed by atoms with Crippen molar-refractivity contribution in [3.05, 3.63) is 29.7 Å². The standard InChI is InChI=1S/C14H20N2O/c1-9(15)10-5-6-12-11(7-10)16-13(17-12)8-14(2,3)4/h5-7,9H,8,15H2,1-4H3. The van der Waals surface area contributed by atoms with E-state index in [2.05, 4.69) is 25.8 Å². The van der Waals surface area contributed by atoms with Crippen LogP contribution in [0, 0.1) is 5.41 Å². The lowest BCUT2D eigenvalue weighted by Gasteiger charge is -2.14. The van der Waals surface area contributed by atoms with Gasteiger partial charge < -0.3 is 10.2 Å². The lowest BCUT2D eigenvalue weighted by molar-refractivity contribution is 0.362. The Morgan fingerprint density at radius 1 is 1.35 bits per heavy atom. The summed E-state index contributed by atoms with van der Waals surface area (Å²) >= 11 is 0. The van der Waals surface area contributed by atoms with Crippen molar-refractivity contribution in [2.45, 2.75) is 40.2 Å². The highest BCUT2D eigenvalue weighted by Crippen LogP contribution is 2.25. The second-order valence-electron chi connectivity index (χ2n) is 5.86. The van der Waals surface area contributed by atoms with Crippen LogP contribution in [0.3, 0.4) is 0 Å². The molecule has 1 unspecified atom stereocenters. The molecule has 3 nitrogen and oxygen atoms in total. The molecule has 1 heterocycles. The van der Waals surface area contributed by atoms with Crippen molar-refractivity contribution in [3.8, 4) is 0 Å². The molecule has 0 aliphatic carbocycles. The first-order chi connectivity index (χ1) is 7.85. The summed E-state index contributed by atoms with van der Waals surface area (Å²) in [4.78, 5) is 4.52. The minimum atomic E-state index is 0.0298. The van der Waals surface area contributed by atoms with Crippen molar-refractivity contribution in [3.63, 3.8) is 0 Å². The molecule has 0 saturated carbocycles. The maximum atomic E-state index is 5.85. The van der Waals surface area contributed by atoms with Crippen molar-refractivity contribution < 1.29 is 4.42 Å². The maximum Gasteiger partial charge on any atom is 0.195 e. The van der Waals surface area contributed by atoms with E-state index in [1.807, 2.05) is 25.1 Å². The van der Waals surface area contributed by atoms with E-state index in [0.717, 1.165) is 29.0 Å². The molecule has 0 bridgehead atoms. The molecule has 92 valence electrons. The predicted octanol–water partition coefficient (Wildman–Crippen LogP) is 3.44. The normalized spacial score (nSPS) is 14.2. The molecule has 0 saturated heterocycles. The first-order valence-electron chi connectivity index (χ1n) is 6.00. The van der Waals surface area contributed by atoms with Crippen LogP contribution in [-0.4, -0.2) is 4.98 Å². The lowest BCUT2D eigenvalue weighted by atomic mass is 9.92. The van der Waals surface area contributed by atoms with Gasteiger partial charge in [-0.25, -0.2) is 4.98 Å². The number of nitrogens with zero attached hydrogens (tertiary/aromatic N) is 1. The van der Waals surface area contributed by atoms with Gasteiger partial charge in [0.25, 0.3) is 0 Å². The Bertz CT molecular complexity index is 520. The van der Waals surface area contributed by atoms with E-state index in [1.165, 1.54) is 0 Å². The fraction of sp³-hybridized carbons (Fsp3) is 0.500. The highest BCUT2D eigenvalue weighted by atomic mass is 16.3. The molecule has 3 heteroatoms. The fourth-order valence-corrected chi connectivity index (χ4v) is 1.80. The highest BCUT2D eigenvalue weighted by molar-refractivity contribution is 5.73. The average molecular weight is 232 g/mol. The van der Waals surface area contributed by atoms with Gasteiger partial charge in [0.15, 0.2) is 11.5 Å². The number of oxazole rings is 1. The molecular formula is C14H20N2O. The van der Waals surface area contributed by atoms with E-state index >= 15 is 0 Å². The zero-order valence-corrected chi connectivity index (χ0v) is 10.9. The van der Waals surface area contributed by atoms with E-state index < -0.39 is 0 Å². The van der Waals surface area contributed by atoms with Crippen molar-refractivity contribution in [2.24, 2.45) is 11.1 Å². The van der Waals surface area contributed by atoms with Gasteiger partial charge in [-0.2, -0.15) is 0 Å². The fourth-order valence-electron chi connectivity index (χ4n) is 1.80. The van der Waals surface area contributed by atoms with E-state index in [1.54, 1.807) is 0 Å². The van der Waals surface area contributed by atoms with Gasteiger partial charge in [-0.1, -0.05) is 26.8 Å². The van der Waals surface area contributed by atoms with Crippen LogP contribution in [0.5, 0.6) is 0 Å². The van der Waals surface area contributed by atoms with Crippen LogP contribution in [0.1, 0.15) is 45.2 Å². The van der Waals surface area contributed by atoms with Crippen LogP contribution in [-0.2, 0) is 6.42 Å². The first kappa shape index (κ1) is 12.1. The molecule has 2 rings (SSSR count). The minimum Gasteiger partial charge on any atom is -0.441 e. The number of fused-ring (bicyclic) bond motifs is 1. The smallest absolute Gasteiger partial charge is 0.195 e. The predicted molar refractivity (Wildman–Crippen MR) is 69.8 cm³/mol. The summed E-state index contributed by atoms with van der Waals surface area (Å²) in [5.74, 6) is 0.800. The van der Waals surface area contributed by atoms with Crippen LogP contribution >= 0.6 is 0 Å². The van der Waals surface area contributed by atoms with Crippen molar-refractivity contribution in [2.75, 3.05) is 0 Å². The molecule has 1 atom stereocenters. The molecule has 2 aromatic rings. The van der Waals surface area contributed by atoms with Gasteiger partial charge in [0.2, 0.25) is 0 Å². The summed E-state index contributed by atoms with van der Waals surface area (Å²) in [5, 5.41) is 0. The van der Waals surface area contributed by atoms with Crippen LogP contribution < -0.4 is 5.73 Å². The molecular weight excluding hydrogens is 212 g/mol. The summed E-state index contributed by atoms with van der Waals surface area (Å²) in [6.45, 7) is 8.50.